The number of nitrogens with one attached hydrogen (secondary N) is 1. The van der Waals surface area contributed by atoms with Crippen LogP contribution < -0.4 is 21.6 Å². The number of rotatable bonds is 8. The van der Waals surface area contributed by atoms with Crippen LogP contribution >= 0.6 is 0 Å². The second-order valence-electron chi connectivity index (χ2n) is 8.16. The summed E-state index contributed by atoms with van der Waals surface area (Å²) in [5, 5.41) is 2.94. The number of benzene rings is 2. The van der Waals surface area contributed by atoms with Crippen molar-refractivity contribution in [3.05, 3.63) is 58.5 Å². The van der Waals surface area contributed by atoms with E-state index in [4.69, 9.17) is 5.73 Å². The highest BCUT2D eigenvalue weighted by atomic mass is 16.2. The molecule has 4 rings (SSSR count). The van der Waals surface area contributed by atoms with Crippen LogP contribution in [-0.4, -0.2) is 34.0 Å². The van der Waals surface area contributed by atoms with Gasteiger partial charge >= 0.3 is 5.69 Å². The van der Waals surface area contributed by atoms with E-state index in [2.05, 4.69) is 10.2 Å². The normalized spacial score (nSPS) is 13.6. The van der Waals surface area contributed by atoms with Crippen LogP contribution in [0.15, 0.2) is 47.3 Å². The number of primary amides is 1. The lowest BCUT2D eigenvalue weighted by atomic mass is 10.1. The summed E-state index contributed by atoms with van der Waals surface area (Å²) in [6.45, 7) is 4.76. The van der Waals surface area contributed by atoms with Gasteiger partial charge in [-0.05, 0) is 49.6 Å². The highest BCUT2D eigenvalue weighted by Crippen LogP contribution is 2.30. The van der Waals surface area contributed by atoms with Crippen molar-refractivity contribution in [2.24, 2.45) is 5.73 Å². The summed E-state index contributed by atoms with van der Waals surface area (Å²) in [7, 11) is 0. The van der Waals surface area contributed by atoms with E-state index in [1.165, 1.54) is 0 Å². The van der Waals surface area contributed by atoms with Gasteiger partial charge in [-0.3, -0.25) is 18.7 Å². The first kappa shape index (κ1) is 21.7. The number of para-hydroxylation sites is 2. The van der Waals surface area contributed by atoms with Crippen molar-refractivity contribution < 1.29 is 9.59 Å². The Hall–Kier alpha value is -3.55. The molecule has 2 amide bonds. The SMILES string of the molecule is CCCn1c(=O)n(CCC(=O)Nc2cc(C(N)=O)ccc2N2CCCC2)c2ccccc21. The van der Waals surface area contributed by atoms with Crippen LogP contribution in [0.5, 0.6) is 0 Å². The number of aromatic nitrogens is 2. The molecule has 3 aromatic rings. The van der Waals surface area contributed by atoms with Crippen LogP contribution in [0.2, 0.25) is 0 Å². The zero-order valence-corrected chi connectivity index (χ0v) is 18.3. The number of carbonyl (C=O) groups excluding carboxylic acids is 2. The first-order chi connectivity index (χ1) is 15.5. The van der Waals surface area contributed by atoms with Gasteiger partial charge in [0.05, 0.1) is 22.4 Å². The predicted molar refractivity (Wildman–Crippen MR) is 126 cm³/mol. The summed E-state index contributed by atoms with van der Waals surface area (Å²) in [5.41, 5.74) is 8.86. The molecule has 1 aliphatic rings. The molecule has 0 bridgehead atoms. The fourth-order valence-corrected chi connectivity index (χ4v) is 4.38. The third-order valence-corrected chi connectivity index (χ3v) is 5.94. The average Bonchev–Trinajstić information content (AvgIpc) is 3.40. The molecule has 1 aliphatic heterocycles. The van der Waals surface area contributed by atoms with E-state index in [0.717, 1.165) is 49.1 Å². The van der Waals surface area contributed by atoms with Crippen LogP contribution in [0.4, 0.5) is 11.4 Å². The summed E-state index contributed by atoms with van der Waals surface area (Å²) in [4.78, 5) is 39.6. The molecule has 8 heteroatoms. The number of amides is 2. The Balaban J connectivity index is 1.55. The topological polar surface area (TPSA) is 102 Å². The number of hydrogen-bond donors (Lipinski definition) is 2. The van der Waals surface area contributed by atoms with Gasteiger partial charge in [0, 0.05) is 38.2 Å². The molecule has 0 atom stereocenters. The lowest BCUT2D eigenvalue weighted by Gasteiger charge is -2.22. The Labute approximate surface area is 186 Å². The standard InChI is InChI=1S/C24H29N5O3/c1-2-12-28-20-7-3-4-8-21(20)29(24(28)32)15-11-22(30)26-18-16-17(23(25)31)9-10-19(18)27-13-5-6-14-27/h3-4,7-10,16H,2,5-6,11-15H2,1H3,(H2,25,31)(H,26,30). The van der Waals surface area contributed by atoms with Crippen molar-refractivity contribution in [2.45, 2.75) is 45.7 Å². The van der Waals surface area contributed by atoms with Gasteiger partial charge in [0.2, 0.25) is 11.8 Å². The van der Waals surface area contributed by atoms with Gasteiger partial charge in [-0.1, -0.05) is 19.1 Å². The van der Waals surface area contributed by atoms with Crippen molar-refractivity contribution in [1.82, 2.24) is 9.13 Å². The van der Waals surface area contributed by atoms with Crippen molar-refractivity contribution in [3.63, 3.8) is 0 Å². The second kappa shape index (κ2) is 9.30. The summed E-state index contributed by atoms with van der Waals surface area (Å²) in [6, 6.07) is 12.8. The molecule has 1 fully saturated rings. The Morgan fingerprint density at radius 1 is 1.00 bits per heavy atom. The molecule has 0 spiro atoms. The molecule has 2 heterocycles. The van der Waals surface area contributed by atoms with Crippen molar-refractivity contribution in [1.29, 1.82) is 0 Å². The van der Waals surface area contributed by atoms with Gasteiger partial charge in [-0.25, -0.2) is 4.79 Å². The molecule has 3 N–H and O–H groups in total. The van der Waals surface area contributed by atoms with Crippen molar-refractivity contribution in [2.75, 3.05) is 23.3 Å². The quantitative estimate of drug-likeness (QED) is 0.568. The number of nitrogens with zero attached hydrogens (tertiary/aromatic N) is 3. The Morgan fingerprint density at radius 3 is 2.28 bits per heavy atom. The van der Waals surface area contributed by atoms with Crippen LogP contribution in [-0.2, 0) is 17.9 Å². The Morgan fingerprint density at radius 2 is 1.66 bits per heavy atom. The van der Waals surface area contributed by atoms with E-state index in [9.17, 15) is 14.4 Å². The molecule has 32 heavy (non-hydrogen) atoms. The average molecular weight is 436 g/mol. The zero-order chi connectivity index (χ0) is 22.7. The van der Waals surface area contributed by atoms with E-state index >= 15 is 0 Å². The summed E-state index contributed by atoms with van der Waals surface area (Å²) >= 11 is 0. The minimum absolute atomic E-state index is 0.102. The van der Waals surface area contributed by atoms with Crippen molar-refractivity contribution >= 4 is 34.2 Å². The monoisotopic (exact) mass is 435 g/mol. The van der Waals surface area contributed by atoms with Gasteiger partial charge in [-0.15, -0.1) is 0 Å². The van der Waals surface area contributed by atoms with Crippen LogP contribution in [0, 0.1) is 0 Å². The van der Waals surface area contributed by atoms with Crippen LogP contribution in [0.1, 0.15) is 43.0 Å². The molecule has 0 unspecified atom stereocenters. The highest BCUT2D eigenvalue weighted by Gasteiger charge is 2.19. The summed E-state index contributed by atoms with van der Waals surface area (Å²) < 4.78 is 3.42. The number of aryl methyl sites for hydroxylation is 2. The maximum Gasteiger partial charge on any atom is 0.329 e. The van der Waals surface area contributed by atoms with Gasteiger partial charge in [0.1, 0.15) is 0 Å². The molecule has 2 aromatic carbocycles. The fourth-order valence-electron chi connectivity index (χ4n) is 4.38. The maximum absolute atomic E-state index is 12.9. The number of fused-ring (bicyclic) bond motifs is 1. The third-order valence-electron chi connectivity index (χ3n) is 5.94. The predicted octanol–water partition coefficient (Wildman–Crippen LogP) is 2.94. The van der Waals surface area contributed by atoms with E-state index in [0.29, 0.717) is 17.8 Å². The minimum atomic E-state index is -0.538. The van der Waals surface area contributed by atoms with Gasteiger partial charge < -0.3 is 16.0 Å². The number of hydrogen-bond acceptors (Lipinski definition) is 4. The number of carbonyl (C=O) groups is 2. The first-order valence-corrected chi connectivity index (χ1v) is 11.2. The third kappa shape index (κ3) is 4.26. The highest BCUT2D eigenvalue weighted by molar-refractivity contribution is 5.99. The summed E-state index contributed by atoms with van der Waals surface area (Å²) in [6.07, 6.45) is 3.18. The smallest absolute Gasteiger partial charge is 0.329 e. The Bertz CT molecular complexity index is 1200. The number of nitrogens with two attached hydrogens (primary N) is 1. The summed E-state index contributed by atoms with van der Waals surface area (Å²) in [5.74, 6) is -0.755. The van der Waals surface area contributed by atoms with E-state index in [1.807, 2.05) is 37.3 Å². The van der Waals surface area contributed by atoms with Gasteiger partial charge in [0.15, 0.2) is 0 Å². The molecule has 8 nitrogen and oxygen atoms in total. The molecule has 0 aliphatic carbocycles. The molecule has 0 radical (unpaired) electrons. The van der Waals surface area contributed by atoms with Crippen LogP contribution in [0.25, 0.3) is 11.0 Å². The zero-order valence-electron chi connectivity index (χ0n) is 18.3. The molecule has 0 saturated carbocycles. The lowest BCUT2D eigenvalue weighted by molar-refractivity contribution is -0.116. The number of imidazole rings is 1. The molecule has 168 valence electrons. The maximum atomic E-state index is 12.9. The molecule has 1 saturated heterocycles. The molecular formula is C24H29N5O3. The van der Waals surface area contributed by atoms with Crippen LogP contribution in [0.3, 0.4) is 0 Å². The van der Waals surface area contributed by atoms with Gasteiger partial charge in [-0.2, -0.15) is 0 Å². The van der Waals surface area contributed by atoms with E-state index < -0.39 is 5.91 Å². The van der Waals surface area contributed by atoms with Gasteiger partial charge in [0.25, 0.3) is 0 Å². The van der Waals surface area contributed by atoms with E-state index in [-0.39, 0.29) is 24.6 Å². The largest absolute Gasteiger partial charge is 0.370 e. The Kier molecular flexibility index (Phi) is 6.30. The van der Waals surface area contributed by atoms with E-state index in [1.54, 1.807) is 21.3 Å². The molecular weight excluding hydrogens is 406 g/mol. The number of anilines is 2. The molecule has 1 aromatic heterocycles. The lowest BCUT2D eigenvalue weighted by Crippen LogP contribution is -2.26. The van der Waals surface area contributed by atoms with Crippen molar-refractivity contribution in [3.8, 4) is 0 Å². The second-order valence-corrected chi connectivity index (χ2v) is 8.16. The first-order valence-electron chi connectivity index (χ1n) is 11.2. The fraction of sp³-hybridized carbons (Fsp3) is 0.375. The minimum Gasteiger partial charge on any atom is -0.370 e.